The smallest absolute Gasteiger partial charge is 0.348 e. The van der Waals surface area contributed by atoms with Crippen LogP contribution in [0.15, 0.2) is 47.1 Å². The van der Waals surface area contributed by atoms with Crippen molar-refractivity contribution in [2.24, 2.45) is 11.7 Å². The van der Waals surface area contributed by atoms with Gasteiger partial charge >= 0.3 is 5.97 Å². The van der Waals surface area contributed by atoms with Crippen molar-refractivity contribution in [3.8, 4) is 10.4 Å². The molecule has 34 heavy (non-hydrogen) atoms. The molecule has 0 saturated carbocycles. The van der Waals surface area contributed by atoms with Crippen LogP contribution in [0.25, 0.3) is 21.5 Å². The van der Waals surface area contributed by atoms with E-state index in [1.807, 2.05) is 24.6 Å². The number of thiophene rings is 1. The van der Waals surface area contributed by atoms with Crippen LogP contribution in [0.3, 0.4) is 0 Å². The van der Waals surface area contributed by atoms with Crippen molar-refractivity contribution in [3.63, 3.8) is 0 Å². The van der Waals surface area contributed by atoms with E-state index in [0.29, 0.717) is 45.2 Å². The number of benzene rings is 1. The number of methoxy groups -OCH3 is 1. The Labute approximate surface area is 208 Å². The van der Waals surface area contributed by atoms with Crippen LogP contribution in [0.4, 0.5) is 4.39 Å². The van der Waals surface area contributed by atoms with Gasteiger partial charge in [-0.1, -0.05) is 26.0 Å². The van der Waals surface area contributed by atoms with E-state index in [-0.39, 0.29) is 11.7 Å². The molecule has 0 saturated heterocycles. The highest BCUT2D eigenvalue weighted by atomic mass is 79.9. The summed E-state index contributed by atoms with van der Waals surface area (Å²) in [5.41, 5.74) is 9.04. The number of rotatable bonds is 7. The van der Waals surface area contributed by atoms with E-state index in [1.54, 1.807) is 24.3 Å². The predicted octanol–water partition coefficient (Wildman–Crippen LogP) is 5.80. The number of nitrogens with zero attached hydrogens (tertiary/aromatic N) is 2. The Morgan fingerprint density at radius 2 is 1.91 bits per heavy atom. The first-order valence-corrected chi connectivity index (χ1v) is 12.2. The molecule has 0 aliphatic heterocycles. The highest BCUT2D eigenvalue weighted by Crippen LogP contribution is 2.41. The summed E-state index contributed by atoms with van der Waals surface area (Å²) in [4.78, 5) is 30.8. The lowest BCUT2D eigenvalue weighted by atomic mass is 9.96. The van der Waals surface area contributed by atoms with E-state index < -0.39 is 11.9 Å². The Morgan fingerprint density at radius 3 is 2.53 bits per heavy atom. The molecule has 4 rings (SSSR count). The standard InChI is InChI=1S/C25H23BrFN3O3S/c1-13(2)10-17-21(23(28)31)22(18-8-9-19(34-18)25(32)33-3)20-16(26)12-30(24(20)29-17)11-14-4-6-15(27)7-5-14/h4-9,12-13H,10-11H2,1-3H3,(H2,28,31). The normalized spacial score (nSPS) is 11.4. The fraction of sp³-hybridized carbons (Fsp3) is 0.240. The van der Waals surface area contributed by atoms with Crippen LogP contribution in [-0.4, -0.2) is 28.5 Å². The van der Waals surface area contributed by atoms with Gasteiger partial charge in [-0.15, -0.1) is 11.3 Å². The number of aromatic nitrogens is 2. The number of hydrogen-bond donors (Lipinski definition) is 1. The van der Waals surface area contributed by atoms with Crippen LogP contribution in [0, 0.1) is 11.7 Å². The highest BCUT2D eigenvalue weighted by Gasteiger charge is 2.26. The molecule has 0 spiro atoms. The van der Waals surface area contributed by atoms with Crippen molar-refractivity contribution in [1.82, 2.24) is 9.55 Å². The Bertz CT molecular complexity index is 1390. The third-order valence-corrected chi connectivity index (χ3v) is 7.07. The van der Waals surface area contributed by atoms with Gasteiger partial charge in [-0.25, -0.2) is 14.2 Å². The third kappa shape index (κ3) is 4.63. The number of carbonyl (C=O) groups excluding carboxylic acids is 2. The van der Waals surface area contributed by atoms with E-state index in [1.165, 1.54) is 30.6 Å². The number of carbonyl (C=O) groups is 2. The molecule has 3 heterocycles. The fourth-order valence-electron chi connectivity index (χ4n) is 3.95. The first-order valence-electron chi connectivity index (χ1n) is 10.6. The molecular weight excluding hydrogens is 521 g/mol. The van der Waals surface area contributed by atoms with E-state index in [4.69, 9.17) is 15.5 Å². The van der Waals surface area contributed by atoms with E-state index in [2.05, 4.69) is 15.9 Å². The second-order valence-corrected chi connectivity index (χ2v) is 10.3. The van der Waals surface area contributed by atoms with Crippen LogP contribution in [0.5, 0.6) is 0 Å². The monoisotopic (exact) mass is 543 g/mol. The van der Waals surface area contributed by atoms with Crippen LogP contribution in [-0.2, 0) is 17.7 Å². The minimum Gasteiger partial charge on any atom is -0.465 e. The summed E-state index contributed by atoms with van der Waals surface area (Å²) < 4.78 is 20.9. The van der Waals surface area contributed by atoms with Gasteiger partial charge in [0.05, 0.1) is 18.4 Å². The van der Waals surface area contributed by atoms with Crippen LogP contribution >= 0.6 is 27.3 Å². The average molecular weight is 544 g/mol. The molecule has 0 atom stereocenters. The quantitative estimate of drug-likeness (QED) is 0.298. The van der Waals surface area contributed by atoms with E-state index >= 15 is 0 Å². The first kappa shape index (κ1) is 24.1. The number of hydrogen-bond acceptors (Lipinski definition) is 5. The molecule has 6 nitrogen and oxygen atoms in total. The summed E-state index contributed by atoms with van der Waals surface area (Å²) in [5, 5.41) is 0.724. The van der Waals surface area contributed by atoms with Gasteiger partial charge in [0, 0.05) is 33.0 Å². The zero-order valence-electron chi connectivity index (χ0n) is 18.9. The summed E-state index contributed by atoms with van der Waals surface area (Å²) in [5.74, 6) is -1.09. The molecule has 176 valence electrons. The molecule has 0 aliphatic carbocycles. The van der Waals surface area contributed by atoms with Crippen LogP contribution < -0.4 is 5.73 Å². The minimum atomic E-state index is -0.578. The number of esters is 1. The Morgan fingerprint density at radius 1 is 1.21 bits per heavy atom. The molecule has 0 aliphatic rings. The maximum absolute atomic E-state index is 13.4. The Kier molecular flexibility index (Phi) is 6.86. The molecule has 9 heteroatoms. The molecule has 0 unspecified atom stereocenters. The number of halogens is 2. The Hall–Kier alpha value is -3.04. The zero-order valence-corrected chi connectivity index (χ0v) is 21.3. The number of primary amides is 1. The van der Waals surface area contributed by atoms with E-state index in [0.717, 1.165) is 15.4 Å². The SMILES string of the molecule is COC(=O)c1ccc(-c2c(C(N)=O)c(CC(C)C)nc3c2c(Br)cn3Cc2ccc(F)cc2)s1. The summed E-state index contributed by atoms with van der Waals surface area (Å²) in [6.45, 7) is 4.55. The Balaban J connectivity index is 2.00. The largest absolute Gasteiger partial charge is 0.465 e. The van der Waals surface area contributed by atoms with Crippen LogP contribution in [0.2, 0.25) is 0 Å². The molecule has 3 aromatic heterocycles. The number of pyridine rings is 1. The maximum Gasteiger partial charge on any atom is 0.348 e. The van der Waals surface area contributed by atoms with Crippen molar-refractivity contribution in [3.05, 3.63) is 74.6 Å². The summed E-state index contributed by atoms with van der Waals surface area (Å²) in [6, 6.07) is 9.76. The number of nitrogens with two attached hydrogens (primary N) is 1. The van der Waals surface area contributed by atoms with Gasteiger partial charge in [0.15, 0.2) is 0 Å². The van der Waals surface area contributed by atoms with Crippen molar-refractivity contribution in [2.45, 2.75) is 26.8 Å². The second kappa shape index (κ2) is 9.68. The van der Waals surface area contributed by atoms with Gasteiger partial charge in [-0.05, 0) is 58.1 Å². The number of ether oxygens (including phenoxy) is 1. The molecular formula is C25H23BrFN3O3S. The van der Waals surface area contributed by atoms with Gasteiger partial charge in [-0.2, -0.15) is 0 Å². The van der Waals surface area contributed by atoms with Crippen molar-refractivity contribution in [1.29, 1.82) is 0 Å². The van der Waals surface area contributed by atoms with Gasteiger partial charge in [0.1, 0.15) is 16.3 Å². The molecule has 0 fully saturated rings. The maximum atomic E-state index is 13.4. The molecule has 0 radical (unpaired) electrons. The van der Waals surface area contributed by atoms with Crippen molar-refractivity contribution in [2.75, 3.05) is 7.11 Å². The molecule has 0 bridgehead atoms. The lowest BCUT2D eigenvalue weighted by molar-refractivity contribution is 0.0606. The topological polar surface area (TPSA) is 87.2 Å². The molecule has 1 amide bonds. The third-order valence-electron chi connectivity index (χ3n) is 5.39. The minimum absolute atomic E-state index is 0.230. The van der Waals surface area contributed by atoms with E-state index in [9.17, 15) is 14.0 Å². The highest BCUT2D eigenvalue weighted by molar-refractivity contribution is 9.10. The van der Waals surface area contributed by atoms with Crippen molar-refractivity contribution >= 4 is 50.2 Å². The van der Waals surface area contributed by atoms with Gasteiger partial charge in [0.2, 0.25) is 0 Å². The first-order chi connectivity index (χ1) is 16.2. The number of fused-ring (bicyclic) bond motifs is 1. The molecule has 2 N–H and O–H groups in total. The van der Waals surface area contributed by atoms with Gasteiger partial charge in [0.25, 0.3) is 5.91 Å². The van der Waals surface area contributed by atoms with Gasteiger partial charge in [-0.3, -0.25) is 4.79 Å². The second-order valence-electron chi connectivity index (χ2n) is 8.36. The van der Waals surface area contributed by atoms with Crippen molar-refractivity contribution < 1.29 is 18.7 Å². The predicted molar refractivity (Wildman–Crippen MR) is 135 cm³/mol. The van der Waals surface area contributed by atoms with Gasteiger partial charge < -0.3 is 15.0 Å². The average Bonchev–Trinajstić information content (AvgIpc) is 3.38. The van der Waals surface area contributed by atoms with Crippen LogP contribution in [0.1, 0.15) is 45.1 Å². The number of amides is 1. The summed E-state index contributed by atoms with van der Waals surface area (Å²) in [7, 11) is 1.33. The molecule has 4 aromatic rings. The zero-order chi connectivity index (χ0) is 24.6. The lowest BCUT2D eigenvalue weighted by Crippen LogP contribution is -2.18. The fourth-order valence-corrected chi connectivity index (χ4v) is 5.56. The summed E-state index contributed by atoms with van der Waals surface area (Å²) in [6.07, 6.45) is 2.44. The molecule has 1 aromatic carbocycles. The summed E-state index contributed by atoms with van der Waals surface area (Å²) >= 11 is 4.87. The lowest BCUT2D eigenvalue weighted by Gasteiger charge is -2.15.